The molecule has 3 fully saturated rings. The van der Waals surface area contributed by atoms with Crippen LogP contribution in [0.2, 0.25) is 0 Å². The normalized spacial score (nSPS) is 29.3. The van der Waals surface area contributed by atoms with Crippen molar-refractivity contribution >= 4 is 11.5 Å². The second-order valence-corrected chi connectivity index (χ2v) is 9.06. The third-order valence-corrected chi connectivity index (χ3v) is 7.00. The summed E-state index contributed by atoms with van der Waals surface area (Å²) in [5, 5.41) is 0. The first-order valence-electron chi connectivity index (χ1n) is 11.1. The smallest absolute Gasteiger partial charge is 0.251 e. The van der Waals surface area contributed by atoms with Gasteiger partial charge in [0.2, 0.25) is 0 Å². The number of morpholine rings is 1. The van der Waals surface area contributed by atoms with Crippen molar-refractivity contribution in [2.45, 2.75) is 44.8 Å². The second-order valence-electron chi connectivity index (χ2n) is 9.06. The van der Waals surface area contributed by atoms with Gasteiger partial charge in [0.05, 0.1) is 12.7 Å². The molecule has 29 heavy (non-hydrogen) atoms. The summed E-state index contributed by atoms with van der Waals surface area (Å²) in [6, 6.07) is 15.2. The first-order valence-corrected chi connectivity index (χ1v) is 11.1. The number of aromatic amines is 1. The largest absolute Gasteiger partial charge is 0.375 e. The number of ether oxygens (including phenoxy) is 1. The number of H-pyrrole nitrogens is 1. The highest BCUT2D eigenvalue weighted by molar-refractivity contribution is 5.56. The van der Waals surface area contributed by atoms with Gasteiger partial charge < -0.3 is 19.5 Å². The lowest BCUT2D eigenvalue weighted by Crippen LogP contribution is -2.48. The molecular formula is C24H31N3O2. The molecule has 2 aromatic rings. The molecule has 4 atom stereocenters. The number of aromatic nitrogens is 1. The second kappa shape index (κ2) is 7.86. The van der Waals surface area contributed by atoms with Crippen LogP contribution in [0.25, 0.3) is 0 Å². The van der Waals surface area contributed by atoms with Crippen LogP contribution in [0.3, 0.4) is 0 Å². The van der Waals surface area contributed by atoms with Crippen molar-refractivity contribution in [1.29, 1.82) is 0 Å². The van der Waals surface area contributed by atoms with E-state index in [0.717, 1.165) is 43.5 Å². The molecule has 1 saturated carbocycles. The number of anilines is 2. The minimum Gasteiger partial charge on any atom is -0.375 e. The third kappa shape index (κ3) is 3.93. The van der Waals surface area contributed by atoms with Crippen LogP contribution in [-0.2, 0) is 11.2 Å². The van der Waals surface area contributed by atoms with E-state index in [1.807, 2.05) is 0 Å². The van der Waals surface area contributed by atoms with E-state index < -0.39 is 0 Å². The number of fused-ring (bicyclic) bond motifs is 2. The summed E-state index contributed by atoms with van der Waals surface area (Å²) in [5.74, 6) is 2.45. The van der Waals surface area contributed by atoms with Crippen molar-refractivity contribution in [3.05, 3.63) is 58.4 Å². The van der Waals surface area contributed by atoms with Gasteiger partial charge in [0.25, 0.3) is 5.56 Å². The van der Waals surface area contributed by atoms with Crippen molar-refractivity contribution in [1.82, 2.24) is 4.98 Å². The summed E-state index contributed by atoms with van der Waals surface area (Å²) >= 11 is 0. The zero-order chi connectivity index (χ0) is 19.8. The van der Waals surface area contributed by atoms with E-state index >= 15 is 0 Å². The Labute approximate surface area is 172 Å². The standard InChI is InChI=1S/C24H31N3O2/c1-17-15-26(9-10-29-17)21-13-23(25-24(28)14-21)27-16-19-7-8-20(11-19)22(27)12-18-5-3-2-4-6-18/h2-6,13-14,17,19-20,22H,7-12,15-16H2,1H3,(H,25,28)/t17-,19-,20+,22-/m1/s1. The van der Waals surface area contributed by atoms with Crippen LogP contribution in [0.5, 0.6) is 0 Å². The molecule has 3 aliphatic rings. The zero-order valence-corrected chi connectivity index (χ0v) is 17.2. The van der Waals surface area contributed by atoms with Gasteiger partial charge in [-0.25, -0.2) is 0 Å². The Morgan fingerprint density at radius 1 is 1.14 bits per heavy atom. The zero-order valence-electron chi connectivity index (χ0n) is 17.2. The number of nitrogens with zero attached hydrogens (tertiary/aromatic N) is 2. The van der Waals surface area contributed by atoms with E-state index in [-0.39, 0.29) is 11.7 Å². The molecule has 1 aliphatic carbocycles. The molecule has 5 heteroatoms. The molecule has 1 N–H and O–H groups in total. The van der Waals surface area contributed by atoms with E-state index in [2.05, 4.69) is 58.1 Å². The van der Waals surface area contributed by atoms with Gasteiger partial charge in [0.15, 0.2) is 0 Å². The molecule has 154 valence electrons. The number of hydrogen-bond acceptors (Lipinski definition) is 4. The van der Waals surface area contributed by atoms with Crippen molar-refractivity contribution in [3.63, 3.8) is 0 Å². The Morgan fingerprint density at radius 3 is 2.83 bits per heavy atom. The summed E-state index contributed by atoms with van der Waals surface area (Å²) in [4.78, 5) is 20.5. The predicted octanol–water partition coefficient (Wildman–Crippen LogP) is 3.45. The summed E-state index contributed by atoms with van der Waals surface area (Å²) in [6.45, 7) is 5.53. The van der Waals surface area contributed by atoms with Gasteiger partial charge in [-0.15, -0.1) is 0 Å². The molecule has 0 radical (unpaired) electrons. The topological polar surface area (TPSA) is 48.6 Å². The molecular weight excluding hydrogens is 362 g/mol. The maximum atomic E-state index is 12.6. The van der Waals surface area contributed by atoms with Crippen LogP contribution < -0.4 is 15.4 Å². The highest BCUT2D eigenvalue weighted by Crippen LogP contribution is 2.43. The molecule has 5 rings (SSSR count). The van der Waals surface area contributed by atoms with E-state index in [1.165, 1.54) is 24.8 Å². The van der Waals surface area contributed by atoms with Gasteiger partial charge in [-0.3, -0.25) is 4.79 Å². The summed E-state index contributed by atoms with van der Waals surface area (Å²) in [5.41, 5.74) is 2.40. The highest BCUT2D eigenvalue weighted by Gasteiger charge is 2.41. The lowest BCUT2D eigenvalue weighted by Gasteiger charge is -2.42. The Balaban J connectivity index is 1.46. The molecule has 2 aliphatic heterocycles. The molecule has 2 bridgehead atoms. The van der Waals surface area contributed by atoms with Crippen molar-refractivity contribution in [3.8, 4) is 0 Å². The number of pyridine rings is 1. The fourth-order valence-corrected chi connectivity index (χ4v) is 5.61. The fraction of sp³-hybridized carbons (Fsp3) is 0.542. The van der Waals surface area contributed by atoms with Crippen LogP contribution >= 0.6 is 0 Å². The lowest BCUT2D eigenvalue weighted by atomic mass is 9.86. The fourth-order valence-electron chi connectivity index (χ4n) is 5.61. The van der Waals surface area contributed by atoms with Gasteiger partial charge >= 0.3 is 0 Å². The van der Waals surface area contributed by atoms with Gasteiger partial charge in [-0.2, -0.15) is 0 Å². The molecule has 3 heterocycles. The quantitative estimate of drug-likeness (QED) is 0.864. The summed E-state index contributed by atoms with van der Waals surface area (Å²) < 4.78 is 5.69. The Kier molecular flexibility index (Phi) is 5.08. The Hall–Kier alpha value is -2.27. The van der Waals surface area contributed by atoms with Crippen LogP contribution in [0.4, 0.5) is 11.5 Å². The van der Waals surface area contributed by atoms with E-state index in [9.17, 15) is 4.79 Å². The third-order valence-electron chi connectivity index (χ3n) is 7.00. The van der Waals surface area contributed by atoms with Crippen molar-refractivity contribution in [2.75, 3.05) is 36.0 Å². The SMILES string of the molecule is C[C@@H]1CN(c2cc(N3C[C@@H]4CC[C@@H](C4)[C@H]3Cc3ccccc3)[nH]c(=O)c2)CCO1. The Morgan fingerprint density at radius 2 is 2.00 bits per heavy atom. The molecule has 0 unspecified atom stereocenters. The maximum absolute atomic E-state index is 12.6. The summed E-state index contributed by atoms with van der Waals surface area (Å²) in [6.07, 6.45) is 5.20. The molecule has 1 aromatic carbocycles. The molecule has 2 saturated heterocycles. The summed E-state index contributed by atoms with van der Waals surface area (Å²) in [7, 11) is 0. The van der Waals surface area contributed by atoms with E-state index in [0.29, 0.717) is 18.6 Å². The Bertz CT molecular complexity index is 896. The first-order chi connectivity index (χ1) is 14.2. The van der Waals surface area contributed by atoms with Crippen LogP contribution in [-0.4, -0.2) is 43.4 Å². The minimum atomic E-state index is -0.00646. The first kappa shape index (κ1) is 18.7. The maximum Gasteiger partial charge on any atom is 0.251 e. The number of rotatable bonds is 4. The molecule has 5 nitrogen and oxygen atoms in total. The van der Waals surface area contributed by atoms with Crippen LogP contribution in [0.1, 0.15) is 31.7 Å². The molecule has 0 amide bonds. The average molecular weight is 394 g/mol. The van der Waals surface area contributed by atoms with E-state index in [1.54, 1.807) is 6.07 Å². The molecule has 0 spiro atoms. The monoisotopic (exact) mass is 393 g/mol. The van der Waals surface area contributed by atoms with Crippen LogP contribution in [0, 0.1) is 11.8 Å². The van der Waals surface area contributed by atoms with Crippen molar-refractivity contribution in [2.24, 2.45) is 11.8 Å². The van der Waals surface area contributed by atoms with Crippen LogP contribution in [0.15, 0.2) is 47.3 Å². The van der Waals surface area contributed by atoms with E-state index in [4.69, 9.17) is 4.74 Å². The number of nitrogens with one attached hydrogen (secondary N) is 1. The lowest BCUT2D eigenvalue weighted by molar-refractivity contribution is 0.0532. The van der Waals surface area contributed by atoms with Crippen molar-refractivity contribution < 1.29 is 4.74 Å². The van der Waals surface area contributed by atoms with Gasteiger partial charge in [0, 0.05) is 43.5 Å². The number of benzene rings is 1. The average Bonchev–Trinajstić information content (AvgIpc) is 3.13. The molecule has 1 aromatic heterocycles. The van der Waals surface area contributed by atoms with Gasteiger partial charge in [0.1, 0.15) is 5.82 Å². The number of piperidine rings is 1. The highest BCUT2D eigenvalue weighted by atomic mass is 16.5. The number of hydrogen-bond donors (Lipinski definition) is 1. The predicted molar refractivity (Wildman–Crippen MR) is 117 cm³/mol. The van der Waals surface area contributed by atoms with Gasteiger partial charge in [-0.05, 0) is 50.0 Å². The van der Waals surface area contributed by atoms with Gasteiger partial charge in [-0.1, -0.05) is 30.3 Å². The minimum absolute atomic E-state index is 0.00646.